The van der Waals surface area contributed by atoms with Gasteiger partial charge in [0.15, 0.2) is 0 Å². The number of carbonyl (C=O) groups is 2. The molecule has 4 rings (SSSR count). The minimum absolute atomic E-state index is 0.0376. The molecule has 5 heteroatoms. The summed E-state index contributed by atoms with van der Waals surface area (Å²) in [5, 5.41) is 2.06. The molecule has 0 bridgehead atoms. The molecular weight excluding hydrogens is 464 g/mol. The van der Waals surface area contributed by atoms with Crippen molar-refractivity contribution in [1.29, 1.82) is 0 Å². The lowest BCUT2D eigenvalue weighted by Crippen LogP contribution is -2.46. The van der Waals surface area contributed by atoms with Gasteiger partial charge in [0.25, 0.3) is 5.91 Å². The van der Waals surface area contributed by atoms with E-state index in [1.54, 1.807) is 0 Å². The maximum Gasteiger partial charge on any atom is 0.254 e. The first kappa shape index (κ1) is 22.5. The molecule has 0 unspecified atom stereocenters. The van der Waals surface area contributed by atoms with Gasteiger partial charge < -0.3 is 9.80 Å². The number of hydrogen-bond acceptors (Lipinski definition) is 2. The number of carbonyl (C=O) groups excluding carboxylic acids is 2. The summed E-state index contributed by atoms with van der Waals surface area (Å²) >= 11 is 3.47. The van der Waals surface area contributed by atoms with Crippen LogP contribution in [0, 0.1) is 5.92 Å². The van der Waals surface area contributed by atoms with E-state index in [2.05, 4.69) is 41.9 Å². The lowest BCUT2D eigenvalue weighted by Gasteiger charge is -2.36. The van der Waals surface area contributed by atoms with Crippen molar-refractivity contribution >= 4 is 38.5 Å². The zero-order valence-electron chi connectivity index (χ0n) is 18.6. The number of benzene rings is 3. The van der Waals surface area contributed by atoms with Crippen molar-refractivity contribution in [3.63, 3.8) is 0 Å². The van der Waals surface area contributed by atoms with Crippen molar-refractivity contribution in [1.82, 2.24) is 9.80 Å². The molecule has 166 valence electrons. The van der Waals surface area contributed by atoms with Gasteiger partial charge in [-0.25, -0.2) is 0 Å². The van der Waals surface area contributed by atoms with Crippen molar-refractivity contribution in [2.24, 2.45) is 5.92 Å². The second kappa shape index (κ2) is 9.86. The summed E-state index contributed by atoms with van der Waals surface area (Å²) in [6, 6.07) is 22.1. The largest absolute Gasteiger partial charge is 0.339 e. The van der Waals surface area contributed by atoms with Crippen LogP contribution >= 0.6 is 15.9 Å². The van der Waals surface area contributed by atoms with E-state index in [0.717, 1.165) is 26.4 Å². The van der Waals surface area contributed by atoms with Gasteiger partial charge in [-0.1, -0.05) is 64.5 Å². The summed E-state index contributed by atoms with van der Waals surface area (Å²) in [6.45, 7) is 5.97. The molecule has 1 saturated heterocycles. The number of rotatable bonds is 5. The summed E-state index contributed by atoms with van der Waals surface area (Å²) in [5.41, 5.74) is 1.87. The van der Waals surface area contributed by atoms with Crippen LogP contribution in [-0.4, -0.2) is 40.7 Å². The minimum atomic E-state index is -0.0376. The van der Waals surface area contributed by atoms with Crippen molar-refractivity contribution in [2.75, 3.05) is 13.1 Å². The molecule has 1 heterocycles. The Morgan fingerprint density at radius 1 is 0.969 bits per heavy atom. The molecule has 2 amide bonds. The maximum absolute atomic E-state index is 13.3. The molecule has 0 radical (unpaired) electrons. The van der Waals surface area contributed by atoms with Gasteiger partial charge >= 0.3 is 0 Å². The van der Waals surface area contributed by atoms with Crippen LogP contribution in [0.4, 0.5) is 0 Å². The first-order valence-electron chi connectivity index (χ1n) is 11.3. The third kappa shape index (κ3) is 4.88. The Morgan fingerprint density at radius 3 is 2.31 bits per heavy atom. The van der Waals surface area contributed by atoms with Gasteiger partial charge in [-0.3, -0.25) is 9.59 Å². The normalized spacial score (nSPS) is 14.7. The molecule has 1 aliphatic heterocycles. The van der Waals surface area contributed by atoms with E-state index in [4.69, 9.17) is 0 Å². The molecule has 0 saturated carbocycles. The molecule has 0 spiro atoms. The average molecular weight is 493 g/mol. The molecule has 3 aromatic rings. The Labute approximate surface area is 198 Å². The Morgan fingerprint density at radius 2 is 1.62 bits per heavy atom. The number of fused-ring (bicyclic) bond motifs is 1. The molecule has 32 heavy (non-hydrogen) atoms. The van der Waals surface area contributed by atoms with E-state index in [0.29, 0.717) is 32.5 Å². The Kier molecular flexibility index (Phi) is 6.95. The highest BCUT2D eigenvalue weighted by atomic mass is 79.9. The minimum Gasteiger partial charge on any atom is -0.339 e. The Balaban J connectivity index is 1.42. The number of halogens is 1. The van der Waals surface area contributed by atoms with Crippen LogP contribution in [0.25, 0.3) is 10.8 Å². The van der Waals surface area contributed by atoms with Gasteiger partial charge in [0.2, 0.25) is 5.91 Å². The fourth-order valence-corrected chi connectivity index (χ4v) is 4.71. The quantitative estimate of drug-likeness (QED) is 0.445. The topological polar surface area (TPSA) is 40.6 Å². The molecule has 0 aliphatic carbocycles. The zero-order valence-corrected chi connectivity index (χ0v) is 20.2. The summed E-state index contributed by atoms with van der Waals surface area (Å²) < 4.78 is 1.03. The lowest BCUT2D eigenvalue weighted by molar-refractivity contribution is -0.139. The standard InChI is InChI=1S/C27H29BrN2O2/c1-19(2)30(18-20-10-12-23(28)13-11-20)26(31)22-14-16-29(17-15-22)27(32)25-9-5-7-21-6-3-4-8-24(21)25/h3-13,19,22H,14-18H2,1-2H3. The molecule has 1 aliphatic rings. The molecule has 4 nitrogen and oxygen atoms in total. The number of amides is 2. The Hall–Kier alpha value is -2.66. The molecule has 1 fully saturated rings. The highest BCUT2D eigenvalue weighted by Crippen LogP contribution is 2.26. The van der Waals surface area contributed by atoms with Crippen LogP contribution in [0.2, 0.25) is 0 Å². The van der Waals surface area contributed by atoms with E-state index in [9.17, 15) is 9.59 Å². The predicted octanol–water partition coefficient (Wildman–Crippen LogP) is 5.89. The van der Waals surface area contributed by atoms with Gasteiger partial charge in [-0.05, 0) is 61.2 Å². The lowest BCUT2D eigenvalue weighted by atomic mass is 9.93. The fourth-order valence-electron chi connectivity index (χ4n) is 4.45. The van der Waals surface area contributed by atoms with E-state index in [1.165, 1.54) is 0 Å². The third-order valence-electron chi connectivity index (χ3n) is 6.32. The summed E-state index contributed by atoms with van der Waals surface area (Å²) in [6.07, 6.45) is 1.41. The second-order valence-corrected chi connectivity index (χ2v) is 9.70. The van der Waals surface area contributed by atoms with Crippen LogP contribution < -0.4 is 0 Å². The number of piperidine rings is 1. The van der Waals surface area contributed by atoms with Gasteiger partial charge in [-0.2, -0.15) is 0 Å². The van der Waals surface area contributed by atoms with Crippen molar-refractivity contribution in [2.45, 2.75) is 39.3 Å². The van der Waals surface area contributed by atoms with Gasteiger partial charge in [0, 0.05) is 41.6 Å². The molecular formula is C27H29BrN2O2. The smallest absolute Gasteiger partial charge is 0.254 e. The molecule has 0 atom stereocenters. The fraction of sp³-hybridized carbons (Fsp3) is 0.333. The SMILES string of the molecule is CC(C)N(Cc1ccc(Br)cc1)C(=O)C1CCN(C(=O)c2cccc3ccccc23)CC1. The van der Waals surface area contributed by atoms with E-state index in [1.807, 2.05) is 64.4 Å². The van der Waals surface area contributed by atoms with Crippen LogP contribution in [0.5, 0.6) is 0 Å². The zero-order chi connectivity index (χ0) is 22.7. The number of nitrogens with zero attached hydrogens (tertiary/aromatic N) is 2. The highest BCUT2D eigenvalue weighted by molar-refractivity contribution is 9.10. The summed E-state index contributed by atoms with van der Waals surface area (Å²) in [5.74, 6) is 0.216. The molecule has 0 aromatic heterocycles. The van der Waals surface area contributed by atoms with E-state index < -0.39 is 0 Å². The monoisotopic (exact) mass is 492 g/mol. The third-order valence-corrected chi connectivity index (χ3v) is 6.85. The summed E-state index contributed by atoms with van der Waals surface area (Å²) in [4.78, 5) is 30.4. The van der Waals surface area contributed by atoms with Gasteiger partial charge in [-0.15, -0.1) is 0 Å². The van der Waals surface area contributed by atoms with Crippen LogP contribution in [0.3, 0.4) is 0 Å². The highest BCUT2D eigenvalue weighted by Gasteiger charge is 2.31. The molecule has 3 aromatic carbocycles. The van der Waals surface area contributed by atoms with Crippen LogP contribution in [-0.2, 0) is 11.3 Å². The van der Waals surface area contributed by atoms with Crippen molar-refractivity contribution < 1.29 is 9.59 Å². The van der Waals surface area contributed by atoms with E-state index in [-0.39, 0.29) is 23.8 Å². The second-order valence-electron chi connectivity index (χ2n) is 8.78. The number of hydrogen-bond donors (Lipinski definition) is 0. The van der Waals surface area contributed by atoms with Crippen LogP contribution in [0.15, 0.2) is 71.2 Å². The number of likely N-dealkylation sites (tertiary alicyclic amines) is 1. The van der Waals surface area contributed by atoms with Gasteiger partial charge in [0.1, 0.15) is 0 Å². The van der Waals surface area contributed by atoms with E-state index >= 15 is 0 Å². The maximum atomic E-state index is 13.3. The summed E-state index contributed by atoms with van der Waals surface area (Å²) in [7, 11) is 0. The predicted molar refractivity (Wildman–Crippen MR) is 132 cm³/mol. The first-order valence-corrected chi connectivity index (χ1v) is 12.1. The van der Waals surface area contributed by atoms with Gasteiger partial charge in [0.05, 0.1) is 0 Å². The molecule has 0 N–H and O–H groups in total. The van der Waals surface area contributed by atoms with Crippen molar-refractivity contribution in [3.8, 4) is 0 Å². The average Bonchev–Trinajstić information content (AvgIpc) is 2.82. The van der Waals surface area contributed by atoms with Crippen LogP contribution in [0.1, 0.15) is 42.6 Å². The Bertz CT molecular complexity index is 1100. The van der Waals surface area contributed by atoms with Crippen molar-refractivity contribution in [3.05, 3.63) is 82.3 Å². The first-order chi connectivity index (χ1) is 15.4.